The summed E-state index contributed by atoms with van der Waals surface area (Å²) in [6, 6.07) is 18.2. The minimum absolute atomic E-state index is 0.0479. The summed E-state index contributed by atoms with van der Waals surface area (Å²) in [5, 5.41) is 24.0. The van der Waals surface area contributed by atoms with Crippen molar-refractivity contribution in [3.8, 4) is 11.8 Å². The molecule has 2 heterocycles. The molecule has 2 N–H and O–H groups in total. The molecular weight excluding hydrogens is 379 g/mol. The summed E-state index contributed by atoms with van der Waals surface area (Å²) < 4.78 is 15.0. The Morgan fingerprint density at radius 2 is 1.73 bits per heavy atom. The van der Waals surface area contributed by atoms with E-state index in [2.05, 4.69) is 15.3 Å². The summed E-state index contributed by atoms with van der Waals surface area (Å²) in [5.74, 6) is -0.179. The molecule has 6 heteroatoms. The molecule has 4 rings (SSSR count). The van der Waals surface area contributed by atoms with E-state index >= 15 is 0 Å². The second-order valence-electron chi connectivity index (χ2n) is 6.19. The molecule has 5 nitrogen and oxygen atoms in total. The maximum atomic E-state index is 15.0. The Labute approximate surface area is 174 Å². The van der Waals surface area contributed by atoms with Gasteiger partial charge in [-0.1, -0.05) is 50.2 Å². The lowest BCUT2D eigenvalue weighted by Crippen LogP contribution is -2.15. The fourth-order valence-electron chi connectivity index (χ4n) is 3.16. The molecule has 0 amide bonds. The minimum Gasteiger partial charge on any atom is -0.505 e. The highest BCUT2D eigenvalue weighted by molar-refractivity contribution is 5.86. The monoisotopic (exact) mass is 400 g/mol. The molecule has 0 aliphatic heterocycles. The van der Waals surface area contributed by atoms with Gasteiger partial charge >= 0.3 is 0 Å². The third-order valence-electron chi connectivity index (χ3n) is 4.51. The van der Waals surface area contributed by atoms with Crippen LogP contribution in [0.4, 0.5) is 10.2 Å². The Balaban J connectivity index is 0.00000124. The number of hydrogen-bond donors (Lipinski definition) is 2. The van der Waals surface area contributed by atoms with Crippen LogP contribution < -0.4 is 5.32 Å². The van der Waals surface area contributed by atoms with E-state index in [-0.39, 0.29) is 16.9 Å². The number of benzene rings is 2. The summed E-state index contributed by atoms with van der Waals surface area (Å²) in [4.78, 5) is 8.48. The molecule has 0 aliphatic carbocycles. The number of phenols is 1. The van der Waals surface area contributed by atoms with Crippen molar-refractivity contribution in [1.29, 1.82) is 5.26 Å². The van der Waals surface area contributed by atoms with E-state index in [0.29, 0.717) is 16.9 Å². The summed E-state index contributed by atoms with van der Waals surface area (Å²) in [7, 11) is 0. The van der Waals surface area contributed by atoms with E-state index in [9.17, 15) is 14.8 Å². The van der Waals surface area contributed by atoms with E-state index in [1.807, 2.05) is 32.0 Å². The van der Waals surface area contributed by atoms with Gasteiger partial charge in [0.05, 0.1) is 11.6 Å². The zero-order valence-electron chi connectivity index (χ0n) is 16.7. The second kappa shape index (κ2) is 9.48. The first-order valence-corrected chi connectivity index (χ1v) is 9.61. The molecule has 4 aromatic rings. The van der Waals surface area contributed by atoms with Crippen LogP contribution in [0.5, 0.6) is 5.75 Å². The van der Waals surface area contributed by atoms with E-state index < -0.39 is 11.9 Å². The van der Waals surface area contributed by atoms with E-state index in [1.165, 1.54) is 6.07 Å². The predicted octanol–water partition coefficient (Wildman–Crippen LogP) is 5.57. The molecule has 0 fully saturated rings. The number of halogens is 1. The SMILES string of the molecule is CC.N#Cc1cccc(C(Nc2ccccn2)c2ccc3cccnc3c2O)c1F. The Bertz CT molecular complexity index is 1190. The lowest BCUT2D eigenvalue weighted by Gasteiger charge is -2.22. The Hall–Kier alpha value is -3.98. The molecule has 30 heavy (non-hydrogen) atoms. The lowest BCUT2D eigenvalue weighted by molar-refractivity contribution is 0.470. The van der Waals surface area contributed by atoms with Crippen LogP contribution in [0.3, 0.4) is 0 Å². The van der Waals surface area contributed by atoms with Crippen LogP contribution in [0.1, 0.15) is 36.6 Å². The first-order valence-electron chi connectivity index (χ1n) is 9.61. The molecule has 0 saturated heterocycles. The van der Waals surface area contributed by atoms with Gasteiger partial charge in [-0.05, 0) is 24.3 Å². The summed E-state index contributed by atoms with van der Waals surface area (Å²) in [5.41, 5.74) is 1.02. The topological polar surface area (TPSA) is 81.8 Å². The van der Waals surface area contributed by atoms with Crippen LogP contribution in [-0.4, -0.2) is 15.1 Å². The Morgan fingerprint density at radius 1 is 0.933 bits per heavy atom. The first-order chi connectivity index (χ1) is 14.7. The van der Waals surface area contributed by atoms with Gasteiger partial charge < -0.3 is 10.4 Å². The number of aromatic hydroxyl groups is 1. The summed E-state index contributed by atoms with van der Waals surface area (Å²) >= 11 is 0. The van der Waals surface area contributed by atoms with Crippen LogP contribution in [0.2, 0.25) is 0 Å². The van der Waals surface area contributed by atoms with E-state index in [0.717, 1.165) is 5.39 Å². The molecule has 1 unspecified atom stereocenters. The Morgan fingerprint density at radius 3 is 2.47 bits per heavy atom. The molecule has 0 saturated carbocycles. The van der Waals surface area contributed by atoms with Crippen molar-refractivity contribution in [2.45, 2.75) is 19.9 Å². The summed E-state index contributed by atoms with van der Waals surface area (Å²) in [6.07, 6.45) is 3.20. The highest BCUT2D eigenvalue weighted by Crippen LogP contribution is 2.37. The number of phenolic OH excluding ortho intramolecular Hbond substituents is 1. The number of nitrogens with one attached hydrogen (secondary N) is 1. The molecule has 1 atom stereocenters. The van der Waals surface area contributed by atoms with Crippen molar-refractivity contribution < 1.29 is 9.50 Å². The van der Waals surface area contributed by atoms with Crippen LogP contribution >= 0.6 is 0 Å². The van der Waals surface area contributed by atoms with E-state index in [1.54, 1.807) is 54.9 Å². The minimum atomic E-state index is -0.769. The number of rotatable bonds is 4. The van der Waals surface area contributed by atoms with Crippen molar-refractivity contribution in [1.82, 2.24) is 9.97 Å². The number of hydrogen-bond acceptors (Lipinski definition) is 5. The third kappa shape index (κ3) is 4.06. The second-order valence-corrected chi connectivity index (χ2v) is 6.19. The first kappa shape index (κ1) is 20.7. The van der Waals surface area contributed by atoms with Crippen molar-refractivity contribution in [3.63, 3.8) is 0 Å². The maximum absolute atomic E-state index is 15.0. The highest BCUT2D eigenvalue weighted by atomic mass is 19.1. The molecule has 0 bridgehead atoms. The van der Waals surface area contributed by atoms with Crippen LogP contribution in [-0.2, 0) is 0 Å². The van der Waals surface area contributed by atoms with Gasteiger partial charge in [0.25, 0.3) is 0 Å². The number of nitrogens with zero attached hydrogens (tertiary/aromatic N) is 3. The molecule has 2 aromatic carbocycles. The van der Waals surface area contributed by atoms with Crippen molar-refractivity contribution in [3.05, 3.63) is 95.6 Å². The van der Waals surface area contributed by atoms with Crippen LogP contribution in [0.15, 0.2) is 73.1 Å². The van der Waals surface area contributed by atoms with Crippen molar-refractivity contribution in [2.24, 2.45) is 0 Å². The largest absolute Gasteiger partial charge is 0.505 e. The summed E-state index contributed by atoms with van der Waals surface area (Å²) in [6.45, 7) is 4.00. The Kier molecular flexibility index (Phi) is 6.56. The normalized spacial score (nSPS) is 11.1. The standard InChI is InChI=1S/C22H15FN4O.C2H6/c23-19-15(13-24)5-3-7-16(19)21(27-18-8-1-2-11-25-18)17-10-9-14-6-4-12-26-20(14)22(17)28;1-2/h1-12,21,28H,(H,25,27);1-2H3. The van der Waals surface area contributed by atoms with Crippen molar-refractivity contribution >= 4 is 16.7 Å². The van der Waals surface area contributed by atoms with Gasteiger partial charge in [0.2, 0.25) is 0 Å². The van der Waals surface area contributed by atoms with Crippen LogP contribution in [0, 0.1) is 17.1 Å². The molecule has 150 valence electrons. The maximum Gasteiger partial charge on any atom is 0.147 e. The number of fused-ring (bicyclic) bond motifs is 1. The van der Waals surface area contributed by atoms with E-state index in [4.69, 9.17) is 0 Å². The smallest absolute Gasteiger partial charge is 0.147 e. The number of nitriles is 1. The average Bonchev–Trinajstić information content (AvgIpc) is 2.81. The zero-order chi connectivity index (χ0) is 21.5. The van der Waals surface area contributed by atoms with Gasteiger partial charge in [0, 0.05) is 28.9 Å². The number of aromatic nitrogens is 2. The number of pyridine rings is 2. The average molecular weight is 400 g/mol. The predicted molar refractivity (Wildman–Crippen MR) is 116 cm³/mol. The molecule has 0 radical (unpaired) electrons. The van der Waals surface area contributed by atoms with Gasteiger partial charge in [-0.25, -0.2) is 9.37 Å². The molecular formula is C24H21FN4O. The van der Waals surface area contributed by atoms with Crippen molar-refractivity contribution in [2.75, 3.05) is 5.32 Å². The lowest BCUT2D eigenvalue weighted by atomic mass is 9.94. The molecule has 2 aromatic heterocycles. The quantitative estimate of drug-likeness (QED) is 0.468. The number of anilines is 1. The van der Waals surface area contributed by atoms with Crippen LogP contribution in [0.25, 0.3) is 10.9 Å². The highest BCUT2D eigenvalue weighted by Gasteiger charge is 2.24. The fraction of sp³-hybridized carbons (Fsp3) is 0.125. The van der Waals surface area contributed by atoms with Gasteiger partial charge in [0.15, 0.2) is 0 Å². The van der Waals surface area contributed by atoms with Gasteiger partial charge in [-0.3, -0.25) is 4.98 Å². The van der Waals surface area contributed by atoms with Gasteiger partial charge in [-0.2, -0.15) is 5.26 Å². The van der Waals surface area contributed by atoms with Gasteiger partial charge in [0.1, 0.15) is 29.0 Å². The fourth-order valence-corrected chi connectivity index (χ4v) is 3.16. The molecule has 0 spiro atoms. The van der Waals surface area contributed by atoms with Gasteiger partial charge in [-0.15, -0.1) is 0 Å². The molecule has 0 aliphatic rings. The third-order valence-corrected chi connectivity index (χ3v) is 4.51. The zero-order valence-corrected chi connectivity index (χ0v) is 16.7.